The van der Waals surface area contributed by atoms with E-state index in [1.807, 2.05) is 0 Å². The minimum Gasteiger partial charge on any atom is -0.507 e. The average molecular weight is 354 g/mol. The number of likely N-dealkylation sites (N-methyl/N-ethyl adjacent to an activating group) is 1. The molecule has 1 aliphatic heterocycles. The Morgan fingerprint density at radius 3 is 2.80 bits per heavy atom. The van der Waals surface area contributed by atoms with Gasteiger partial charge in [0.1, 0.15) is 11.3 Å². The largest absolute Gasteiger partial charge is 0.507 e. The van der Waals surface area contributed by atoms with Crippen LogP contribution in [0, 0.1) is 0 Å². The molecule has 1 aromatic carbocycles. The van der Waals surface area contributed by atoms with Crippen LogP contribution in [-0.4, -0.2) is 62.5 Å². The van der Waals surface area contributed by atoms with Crippen molar-refractivity contribution in [2.75, 3.05) is 40.5 Å². The van der Waals surface area contributed by atoms with Gasteiger partial charge in [0.05, 0.1) is 20.9 Å². The second-order valence-electron chi connectivity index (χ2n) is 6.07. The van der Waals surface area contributed by atoms with Crippen molar-refractivity contribution in [3.63, 3.8) is 0 Å². The highest BCUT2D eigenvalue weighted by Gasteiger charge is 2.27. The molecule has 1 heterocycles. The van der Waals surface area contributed by atoms with Gasteiger partial charge in [-0.15, -0.1) is 0 Å². The number of ether oxygens (including phenoxy) is 2. The van der Waals surface area contributed by atoms with Crippen LogP contribution in [0.5, 0.6) is 17.2 Å². The molecule has 0 bridgehead atoms. The minimum atomic E-state index is -0.641. The average Bonchev–Trinajstić information content (AvgIpc) is 3.08. The predicted molar refractivity (Wildman–Crippen MR) is 93.5 cm³/mol. The number of carbonyl (C=O) groups excluding carboxylic acids is 1. The van der Waals surface area contributed by atoms with Gasteiger partial charge in [0.2, 0.25) is 0 Å². The molecule has 7 heteroatoms. The molecular weight excluding hydrogens is 327 g/mol. The van der Waals surface area contributed by atoms with Crippen LogP contribution < -0.4 is 14.8 Å². The van der Waals surface area contributed by atoms with Crippen molar-refractivity contribution in [1.82, 2.24) is 10.2 Å². The molecule has 1 saturated heterocycles. The van der Waals surface area contributed by atoms with E-state index in [9.17, 15) is 14.3 Å². The number of halogens is 1. The van der Waals surface area contributed by atoms with Crippen LogP contribution in [0.3, 0.4) is 0 Å². The Hall–Kier alpha value is -2.02. The van der Waals surface area contributed by atoms with Crippen LogP contribution in [0.2, 0.25) is 0 Å². The zero-order valence-electron chi connectivity index (χ0n) is 15.1. The number of phenols is 1. The van der Waals surface area contributed by atoms with Gasteiger partial charge in [-0.2, -0.15) is 0 Å². The van der Waals surface area contributed by atoms with Crippen molar-refractivity contribution < 1.29 is 23.8 Å². The van der Waals surface area contributed by atoms with Crippen molar-refractivity contribution >= 4 is 5.91 Å². The summed E-state index contributed by atoms with van der Waals surface area (Å²) in [6.07, 6.45) is 2.14. The Bertz CT molecular complexity index is 609. The zero-order chi connectivity index (χ0) is 18.4. The number of nitrogens with one attached hydrogen (secondary N) is 1. The van der Waals surface area contributed by atoms with Crippen molar-refractivity contribution in [3.05, 3.63) is 17.2 Å². The van der Waals surface area contributed by atoms with E-state index in [1.165, 1.54) is 20.3 Å². The first kappa shape index (κ1) is 19.3. The molecule has 0 aromatic heterocycles. The number of hydrogen-bond acceptors (Lipinski definition) is 5. The molecule has 0 spiro atoms. The molecule has 0 radical (unpaired) electrons. The fraction of sp³-hybridized carbons (Fsp3) is 0.611. The van der Waals surface area contributed by atoms with Crippen LogP contribution in [-0.2, 0) is 6.42 Å². The quantitative estimate of drug-likeness (QED) is 0.748. The lowest BCUT2D eigenvalue weighted by molar-refractivity contribution is 0.0934. The maximum Gasteiger partial charge on any atom is 0.259 e. The summed E-state index contributed by atoms with van der Waals surface area (Å²) < 4.78 is 23.3. The van der Waals surface area contributed by atoms with E-state index in [2.05, 4.69) is 17.1 Å². The molecule has 1 aromatic rings. The van der Waals surface area contributed by atoms with E-state index >= 15 is 0 Å². The maximum atomic E-state index is 12.8. The molecule has 25 heavy (non-hydrogen) atoms. The van der Waals surface area contributed by atoms with Gasteiger partial charge in [0, 0.05) is 24.6 Å². The molecule has 1 amide bonds. The van der Waals surface area contributed by atoms with E-state index in [4.69, 9.17) is 9.47 Å². The Morgan fingerprint density at radius 1 is 1.44 bits per heavy atom. The van der Waals surface area contributed by atoms with Crippen LogP contribution in [0.15, 0.2) is 6.07 Å². The van der Waals surface area contributed by atoms with Gasteiger partial charge >= 0.3 is 0 Å². The molecule has 2 N–H and O–H groups in total. The highest BCUT2D eigenvalue weighted by Crippen LogP contribution is 2.40. The van der Waals surface area contributed by atoms with Crippen LogP contribution in [0.1, 0.15) is 35.7 Å². The van der Waals surface area contributed by atoms with Gasteiger partial charge < -0.3 is 19.9 Å². The fourth-order valence-electron chi connectivity index (χ4n) is 3.38. The summed E-state index contributed by atoms with van der Waals surface area (Å²) in [6.45, 7) is 3.92. The summed E-state index contributed by atoms with van der Waals surface area (Å²) >= 11 is 0. The topological polar surface area (TPSA) is 71.0 Å². The predicted octanol–water partition coefficient (Wildman–Crippen LogP) is 2.14. The molecule has 0 saturated carbocycles. The molecule has 1 atom stereocenters. The molecule has 2 rings (SSSR count). The van der Waals surface area contributed by atoms with Crippen molar-refractivity contribution in [1.29, 1.82) is 0 Å². The van der Waals surface area contributed by atoms with Gasteiger partial charge in [0.15, 0.2) is 11.5 Å². The van der Waals surface area contributed by atoms with Crippen LogP contribution in [0.4, 0.5) is 4.39 Å². The first-order chi connectivity index (χ1) is 12.1. The van der Waals surface area contributed by atoms with Crippen LogP contribution in [0.25, 0.3) is 0 Å². The van der Waals surface area contributed by atoms with Gasteiger partial charge in [-0.25, -0.2) is 0 Å². The first-order valence-corrected chi connectivity index (χ1v) is 8.62. The van der Waals surface area contributed by atoms with Crippen molar-refractivity contribution in [2.24, 2.45) is 0 Å². The van der Waals surface area contributed by atoms with Gasteiger partial charge in [-0.3, -0.25) is 14.1 Å². The number of nitrogens with zero attached hydrogens (tertiary/aromatic N) is 1. The smallest absolute Gasteiger partial charge is 0.259 e. The number of carbonyl (C=O) groups is 1. The number of aromatic hydroxyl groups is 1. The second-order valence-corrected chi connectivity index (χ2v) is 6.07. The normalized spacial score (nSPS) is 17.5. The Morgan fingerprint density at radius 2 is 2.20 bits per heavy atom. The Balaban J connectivity index is 2.26. The lowest BCUT2D eigenvalue weighted by Crippen LogP contribution is -2.40. The molecule has 1 fully saturated rings. The lowest BCUT2D eigenvalue weighted by atomic mass is 10.0. The number of rotatable bonds is 8. The highest BCUT2D eigenvalue weighted by molar-refractivity contribution is 6.01. The summed E-state index contributed by atoms with van der Waals surface area (Å²) in [4.78, 5) is 15.0. The number of phenolic OH excluding ortho intramolecular Hbond substituents is 1. The SMILES string of the molecule is CCN1CCCC1CNC(=O)c1c(O)c(CCF)cc(OC)c1OC. The number of methoxy groups -OCH3 is 2. The zero-order valence-corrected chi connectivity index (χ0v) is 15.1. The minimum absolute atomic E-state index is 0.00128. The van der Waals surface area contributed by atoms with E-state index in [0.29, 0.717) is 17.9 Å². The third-order valence-corrected chi connectivity index (χ3v) is 4.72. The lowest BCUT2D eigenvalue weighted by Gasteiger charge is -2.23. The van der Waals surface area contributed by atoms with Gasteiger partial charge in [0.25, 0.3) is 5.91 Å². The number of likely N-dealkylation sites (tertiary alicyclic amines) is 1. The number of aryl methyl sites for hydroxylation is 1. The highest BCUT2D eigenvalue weighted by atomic mass is 19.1. The van der Waals surface area contributed by atoms with Gasteiger partial charge in [-0.05, 0) is 32.0 Å². The van der Waals surface area contributed by atoms with E-state index < -0.39 is 12.6 Å². The molecule has 6 nitrogen and oxygen atoms in total. The van der Waals surface area contributed by atoms with Crippen molar-refractivity contribution in [3.8, 4) is 17.2 Å². The Kier molecular flexibility index (Phi) is 6.87. The number of alkyl halides is 1. The maximum absolute atomic E-state index is 12.8. The molecule has 1 unspecified atom stereocenters. The molecule has 140 valence electrons. The Labute approximate surface area is 147 Å². The van der Waals surface area contributed by atoms with E-state index in [1.54, 1.807) is 0 Å². The monoisotopic (exact) mass is 354 g/mol. The summed E-state index contributed by atoms with van der Waals surface area (Å²) in [6, 6.07) is 1.79. The van der Waals surface area contributed by atoms with Crippen LogP contribution >= 0.6 is 0 Å². The third kappa shape index (κ3) is 4.15. The number of hydrogen-bond donors (Lipinski definition) is 2. The van der Waals surface area contributed by atoms with Crippen molar-refractivity contribution in [2.45, 2.75) is 32.2 Å². The fourth-order valence-corrected chi connectivity index (χ4v) is 3.38. The van der Waals surface area contributed by atoms with E-state index in [-0.39, 0.29) is 29.5 Å². The summed E-state index contributed by atoms with van der Waals surface area (Å²) in [5, 5.41) is 13.3. The number of amides is 1. The van der Waals surface area contributed by atoms with Gasteiger partial charge in [-0.1, -0.05) is 6.92 Å². The second kappa shape index (κ2) is 8.89. The molecule has 0 aliphatic carbocycles. The summed E-state index contributed by atoms with van der Waals surface area (Å²) in [7, 11) is 2.84. The summed E-state index contributed by atoms with van der Waals surface area (Å²) in [5.74, 6) is -0.258. The summed E-state index contributed by atoms with van der Waals surface area (Å²) in [5.41, 5.74) is 0.313. The molecular formula is C18H27FN2O4. The standard InChI is InChI=1S/C18H27FN2O4/c1-4-21-9-5-6-13(21)11-20-18(23)15-16(22)12(7-8-19)10-14(24-2)17(15)25-3/h10,13,22H,4-9,11H2,1-3H3,(H,20,23). The first-order valence-electron chi connectivity index (χ1n) is 8.62. The number of benzene rings is 1. The van der Waals surface area contributed by atoms with E-state index in [0.717, 1.165) is 25.9 Å². The molecule has 1 aliphatic rings. The third-order valence-electron chi connectivity index (χ3n) is 4.72.